The molecule has 1 aromatic heterocycles. The Morgan fingerprint density at radius 2 is 1.77 bits per heavy atom. The van der Waals surface area contributed by atoms with Gasteiger partial charge in [-0.25, -0.2) is 4.98 Å². The lowest BCUT2D eigenvalue weighted by atomic mass is 10.1. The van der Waals surface area contributed by atoms with Gasteiger partial charge in [0.15, 0.2) is 11.5 Å². The molecule has 0 unspecified atom stereocenters. The van der Waals surface area contributed by atoms with Gasteiger partial charge in [0.1, 0.15) is 5.01 Å². The van der Waals surface area contributed by atoms with Crippen LogP contribution in [0.1, 0.15) is 10.4 Å². The number of nitrogens with one attached hydrogen (secondary N) is 1. The highest BCUT2D eigenvalue weighted by Gasteiger charge is 2.15. The van der Waals surface area contributed by atoms with E-state index in [1.165, 1.54) is 32.7 Å². The molecular weight excluding hydrogens is 352 g/mol. The molecule has 1 amide bonds. The van der Waals surface area contributed by atoms with Crippen molar-refractivity contribution in [3.8, 4) is 27.8 Å². The number of hydrogen-bond acceptors (Lipinski definition) is 6. The Hall–Kier alpha value is -3.06. The molecule has 0 aliphatic heterocycles. The number of hydrogen-bond donors (Lipinski definition) is 1. The van der Waals surface area contributed by atoms with Crippen LogP contribution in [0.5, 0.6) is 17.2 Å². The van der Waals surface area contributed by atoms with E-state index in [1.54, 1.807) is 24.4 Å². The minimum Gasteiger partial charge on any atom is -0.493 e. The molecule has 1 N–H and O–H groups in total. The lowest BCUT2D eigenvalue weighted by molar-refractivity contribution is 0.102. The molecule has 0 fully saturated rings. The number of ether oxygens (including phenoxy) is 3. The Labute approximate surface area is 155 Å². The van der Waals surface area contributed by atoms with Gasteiger partial charge in [-0.05, 0) is 12.1 Å². The highest BCUT2D eigenvalue weighted by Crippen LogP contribution is 2.40. The Bertz CT molecular complexity index is 885. The summed E-state index contributed by atoms with van der Waals surface area (Å²) >= 11 is 1.52. The summed E-state index contributed by atoms with van der Waals surface area (Å²) in [5.41, 5.74) is 1.98. The van der Waals surface area contributed by atoms with Gasteiger partial charge in [0, 0.05) is 40.5 Å². The third kappa shape index (κ3) is 3.62. The highest BCUT2D eigenvalue weighted by atomic mass is 32.1. The zero-order valence-corrected chi connectivity index (χ0v) is 15.4. The predicted octanol–water partition coefficient (Wildman–Crippen LogP) is 4.09. The molecule has 134 valence electrons. The maximum Gasteiger partial charge on any atom is 0.255 e. The maximum atomic E-state index is 12.6. The van der Waals surface area contributed by atoms with Crippen LogP contribution < -0.4 is 19.5 Å². The monoisotopic (exact) mass is 370 g/mol. The Morgan fingerprint density at radius 1 is 1.04 bits per heavy atom. The summed E-state index contributed by atoms with van der Waals surface area (Å²) in [5, 5.41) is 5.63. The number of carbonyl (C=O) groups excluding carboxylic acids is 1. The summed E-state index contributed by atoms with van der Waals surface area (Å²) in [7, 11) is 4.59. The Morgan fingerprint density at radius 3 is 2.35 bits per heavy atom. The predicted molar refractivity (Wildman–Crippen MR) is 102 cm³/mol. The number of aromatic nitrogens is 1. The maximum absolute atomic E-state index is 12.6. The standard InChI is InChI=1S/C19H18N2O4S/c1-23-15-10-14(11-16(24-2)17(15)25-3)21-18(22)12-5-4-6-13(9-12)19-20-7-8-26-19/h4-11H,1-3H3,(H,21,22). The van der Waals surface area contributed by atoms with Crippen LogP contribution in [-0.2, 0) is 0 Å². The second kappa shape index (κ2) is 7.88. The normalized spacial score (nSPS) is 10.3. The van der Waals surface area contributed by atoms with Gasteiger partial charge in [0.25, 0.3) is 5.91 Å². The van der Waals surface area contributed by atoms with E-state index in [9.17, 15) is 4.79 Å². The van der Waals surface area contributed by atoms with Crippen molar-refractivity contribution < 1.29 is 19.0 Å². The van der Waals surface area contributed by atoms with Crippen LogP contribution in [0, 0.1) is 0 Å². The molecular formula is C19H18N2O4S. The fourth-order valence-corrected chi connectivity index (χ4v) is 3.15. The van der Waals surface area contributed by atoms with Crippen molar-refractivity contribution in [3.63, 3.8) is 0 Å². The highest BCUT2D eigenvalue weighted by molar-refractivity contribution is 7.13. The number of methoxy groups -OCH3 is 3. The lowest BCUT2D eigenvalue weighted by Crippen LogP contribution is -2.12. The number of benzene rings is 2. The SMILES string of the molecule is COc1cc(NC(=O)c2cccc(-c3nccs3)c2)cc(OC)c1OC. The van der Waals surface area contributed by atoms with Crippen LogP contribution in [0.3, 0.4) is 0 Å². The smallest absolute Gasteiger partial charge is 0.255 e. The summed E-state index contributed by atoms with van der Waals surface area (Å²) in [6, 6.07) is 10.7. The van der Waals surface area contributed by atoms with Crippen molar-refractivity contribution >= 4 is 22.9 Å². The second-order valence-corrected chi connectivity index (χ2v) is 6.18. The molecule has 0 radical (unpaired) electrons. The van der Waals surface area contributed by atoms with Crippen LogP contribution in [0.25, 0.3) is 10.6 Å². The summed E-state index contributed by atoms with van der Waals surface area (Å²) < 4.78 is 15.9. The summed E-state index contributed by atoms with van der Waals surface area (Å²) in [6.45, 7) is 0. The van der Waals surface area contributed by atoms with Crippen LogP contribution in [0.4, 0.5) is 5.69 Å². The molecule has 0 saturated carbocycles. The van der Waals surface area contributed by atoms with Gasteiger partial charge in [-0.1, -0.05) is 12.1 Å². The van der Waals surface area contributed by atoms with Crippen LogP contribution in [0.15, 0.2) is 48.0 Å². The first kappa shape index (κ1) is 17.8. The quantitative estimate of drug-likeness (QED) is 0.708. The molecule has 0 spiro atoms. The minimum absolute atomic E-state index is 0.238. The van der Waals surface area contributed by atoms with Gasteiger partial charge in [0.2, 0.25) is 5.75 Å². The number of anilines is 1. The second-order valence-electron chi connectivity index (χ2n) is 5.29. The molecule has 3 aromatic rings. The molecule has 1 heterocycles. The van der Waals surface area contributed by atoms with Gasteiger partial charge < -0.3 is 19.5 Å². The van der Waals surface area contributed by atoms with Crippen molar-refractivity contribution in [2.75, 3.05) is 26.6 Å². The summed E-state index contributed by atoms with van der Waals surface area (Å²) in [6.07, 6.45) is 1.74. The molecule has 0 aliphatic carbocycles. The van der Waals surface area contributed by atoms with Gasteiger partial charge in [-0.2, -0.15) is 0 Å². The van der Waals surface area contributed by atoms with Crippen molar-refractivity contribution in [2.24, 2.45) is 0 Å². The largest absolute Gasteiger partial charge is 0.493 e. The Balaban J connectivity index is 1.87. The average Bonchev–Trinajstić information content (AvgIpc) is 3.22. The first-order valence-electron chi connectivity index (χ1n) is 7.77. The molecule has 3 rings (SSSR count). The molecule has 7 heteroatoms. The third-order valence-electron chi connectivity index (χ3n) is 3.73. The van der Waals surface area contributed by atoms with Gasteiger partial charge in [-0.3, -0.25) is 4.79 Å². The number of thiazole rings is 1. The number of rotatable bonds is 6. The van der Waals surface area contributed by atoms with Crippen molar-refractivity contribution in [1.82, 2.24) is 4.98 Å². The molecule has 6 nitrogen and oxygen atoms in total. The first-order chi connectivity index (χ1) is 12.7. The van der Waals surface area contributed by atoms with E-state index in [2.05, 4.69) is 10.3 Å². The molecule has 2 aromatic carbocycles. The van der Waals surface area contributed by atoms with Crippen molar-refractivity contribution in [3.05, 3.63) is 53.5 Å². The molecule has 0 atom stereocenters. The van der Waals surface area contributed by atoms with E-state index in [1.807, 2.05) is 23.6 Å². The van der Waals surface area contributed by atoms with E-state index < -0.39 is 0 Å². The first-order valence-corrected chi connectivity index (χ1v) is 8.65. The third-order valence-corrected chi connectivity index (χ3v) is 4.55. The summed E-state index contributed by atoms with van der Waals surface area (Å²) in [5.74, 6) is 1.17. The average molecular weight is 370 g/mol. The van der Waals surface area contributed by atoms with E-state index in [-0.39, 0.29) is 5.91 Å². The van der Waals surface area contributed by atoms with Gasteiger partial charge in [-0.15, -0.1) is 11.3 Å². The number of amides is 1. The molecule has 0 aliphatic rings. The zero-order valence-electron chi connectivity index (χ0n) is 14.6. The topological polar surface area (TPSA) is 69.7 Å². The van der Waals surface area contributed by atoms with E-state index in [0.717, 1.165) is 10.6 Å². The van der Waals surface area contributed by atoms with Crippen molar-refractivity contribution in [1.29, 1.82) is 0 Å². The van der Waals surface area contributed by atoms with Gasteiger partial charge in [0.05, 0.1) is 21.3 Å². The van der Waals surface area contributed by atoms with E-state index in [0.29, 0.717) is 28.5 Å². The van der Waals surface area contributed by atoms with Crippen LogP contribution in [0.2, 0.25) is 0 Å². The molecule has 26 heavy (non-hydrogen) atoms. The lowest BCUT2D eigenvalue weighted by Gasteiger charge is -2.14. The molecule has 0 saturated heterocycles. The zero-order chi connectivity index (χ0) is 18.5. The summed E-state index contributed by atoms with van der Waals surface area (Å²) in [4.78, 5) is 16.9. The van der Waals surface area contributed by atoms with E-state index in [4.69, 9.17) is 14.2 Å². The van der Waals surface area contributed by atoms with Crippen LogP contribution in [-0.4, -0.2) is 32.2 Å². The fourth-order valence-electron chi connectivity index (χ4n) is 2.52. The minimum atomic E-state index is -0.238. The van der Waals surface area contributed by atoms with E-state index >= 15 is 0 Å². The fraction of sp³-hybridized carbons (Fsp3) is 0.158. The number of carbonyl (C=O) groups is 1. The van der Waals surface area contributed by atoms with Crippen molar-refractivity contribution in [2.45, 2.75) is 0 Å². The molecule has 0 bridgehead atoms. The van der Waals surface area contributed by atoms with Crippen LogP contribution >= 0.6 is 11.3 Å². The Kier molecular flexibility index (Phi) is 5.38. The van der Waals surface area contributed by atoms with Gasteiger partial charge >= 0.3 is 0 Å². The number of nitrogens with zero attached hydrogens (tertiary/aromatic N) is 1.